The summed E-state index contributed by atoms with van der Waals surface area (Å²) in [6.45, 7) is 2.68. The van der Waals surface area contributed by atoms with Crippen molar-refractivity contribution in [1.82, 2.24) is 19.8 Å². The molecule has 7 heteroatoms. The van der Waals surface area contributed by atoms with E-state index in [0.717, 1.165) is 49.7 Å². The van der Waals surface area contributed by atoms with Gasteiger partial charge in [0, 0.05) is 37.1 Å². The minimum absolute atomic E-state index is 0.0512. The smallest absolute Gasteiger partial charge is 0.230 e. The Hall–Kier alpha value is -2.08. The van der Waals surface area contributed by atoms with E-state index in [1.807, 2.05) is 21.9 Å². The van der Waals surface area contributed by atoms with Gasteiger partial charge in [-0.1, -0.05) is 24.4 Å². The second-order valence-electron chi connectivity index (χ2n) is 7.56. The topological polar surface area (TPSA) is 69.3 Å². The molecule has 1 aliphatic carbocycles. The number of aromatic nitrogens is 2. The number of H-pyrrole nitrogens is 1. The molecule has 6 nitrogen and oxygen atoms in total. The van der Waals surface area contributed by atoms with Crippen LogP contribution in [0.15, 0.2) is 18.2 Å². The summed E-state index contributed by atoms with van der Waals surface area (Å²) in [6.07, 6.45) is 5.44. The van der Waals surface area contributed by atoms with Crippen LogP contribution in [0, 0.1) is 5.92 Å². The molecule has 27 heavy (non-hydrogen) atoms. The van der Waals surface area contributed by atoms with Crippen molar-refractivity contribution >= 4 is 34.4 Å². The van der Waals surface area contributed by atoms with Crippen LogP contribution in [0.25, 0.3) is 11.0 Å². The Morgan fingerprint density at radius 3 is 2.63 bits per heavy atom. The third kappa shape index (κ3) is 4.10. The highest BCUT2D eigenvalue weighted by Crippen LogP contribution is 2.27. The van der Waals surface area contributed by atoms with E-state index in [-0.39, 0.29) is 24.2 Å². The van der Waals surface area contributed by atoms with E-state index in [2.05, 4.69) is 9.97 Å². The number of amides is 2. The fraction of sp³-hybridized carbons (Fsp3) is 0.550. The SMILES string of the molecule is O=C(Cc1nc2ccc(Cl)cc2[nH]1)N1CCCN(C(=O)C2CCCC2)CC1. The van der Waals surface area contributed by atoms with Crippen molar-refractivity contribution in [1.29, 1.82) is 0 Å². The van der Waals surface area contributed by atoms with E-state index in [1.165, 1.54) is 0 Å². The second kappa shape index (κ2) is 7.89. The summed E-state index contributed by atoms with van der Waals surface area (Å²) in [5.74, 6) is 1.20. The molecule has 1 aliphatic heterocycles. The van der Waals surface area contributed by atoms with Crippen molar-refractivity contribution in [3.63, 3.8) is 0 Å². The van der Waals surface area contributed by atoms with Gasteiger partial charge < -0.3 is 14.8 Å². The van der Waals surface area contributed by atoms with Gasteiger partial charge in [0.05, 0.1) is 17.5 Å². The van der Waals surface area contributed by atoms with Crippen LogP contribution in [0.1, 0.15) is 37.9 Å². The molecule has 1 saturated heterocycles. The standard InChI is InChI=1S/C20H25ClN4O2/c21-15-6-7-16-17(12-15)23-18(22-16)13-19(26)24-8-3-9-25(11-10-24)20(27)14-4-1-2-5-14/h6-7,12,14H,1-5,8-11,13H2,(H,22,23). The number of hydrogen-bond donors (Lipinski definition) is 1. The van der Waals surface area contributed by atoms with E-state index in [9.17, 15) is 9.59 Å². The first-order chi connectivity index (χ1) is 13.1. The molecule has 2 heterocycles. The monoisotopic (exact) mass is 388 g/mol. The Bertz CT molecular complexity index is 844. The van der Waals surface area contributed by atoms with Crippen LogP contribution < -0.4 is 0 Å². The summed E-state index contributed by atoms with van der Waals surface area (Å²) >= 11 is 6.00. The normalized spacial score (nSPS) is 18.9. The molecule has 2 amide bonds. The van der Waals surface area contributed by atoms with Crippen LogP contribution in [-0.4, -0.2) is 57.8 Å². The maximum Gasteiger partial charge on any atom is 0.230 e. The van der Waals surface area contributed by atoms with Gasteiger partial charge in [0.25, 0.3) is 0 Å². The van der Waals surface area contributed by atoms with E-state index < -0.39 is 0 Å². The van der Waals surface area contributed by atoms with Gasteiger partial charge in [-0.2, -0.15) is 0 Å². The van der Waals surface area contributed by atoms with Crippen LogP contribution in [0.4, 0.5) is 0 Å². The quantitative estimate of drug-likeness (QED) is 0.878. The summed E-state index contributed by atoms with van der Waals surface area (Å²) < 4.78 is 0. The largest absolute Gasteiger partial charge is 0.342 e. The molecule has 4 rings (SSSR count). The molecular formula is C20H25ClN4O2. The molecule has 0 atom stereocenters. The van der Waals surface area contributed by atoms with E-state index in [0.29, 0.717) is 30.5 Å². The lowest BCUT2D eigenvalue weighted by atomic mass is 10.1. The molecule has 2 aliphatic rings. The van der Waals surface area contributed by atoms with Gasteiger partial charge >= 0.3 is 0 Å². The first kappa shape index (κ1) is 18.3. The van der Waals surface area contributed by atoms with Crippen molar-refractivity contribution in [2.45, 2.75) is 38.5 Å². The lowest BCUT2D eigenvalue weighted by molar-refractivity contribution is -0.136. The summed E-state index contributed by atoms with van der Waals surface area (Å²) in [5, 5.41) is 0.642. The van der Waals surface area contributed by atoms with Gasteiger partial charge in [0.15, 0.2) is 0 Å². The van der Waals surface area contributed by atoms with Gasteiger partial charge in [-0.15, -0.1) is 0 Å². The van der Waals surface area contributed by atoms with Crippen LogP contribution in [-0.2, 0) is 16.0 Å². The number of carbonyl (C=O) groups is 2. The molecule has 1 saturated carbocycles. The van der Waals surface area contributed by atoms with E-state index >= 15 is 0 Å². The molecule has 1 aromatic heterocycles. The lowest BCUT2D eigenvalue weighted by Crippen LogP contribution is -2.39. The van der Waals surface area contributed by atoms with Crippen LogP contribution in [0.5, 0.6) is 0 Å². The maximum absolute atomic E-state index is 12.7. The number of rotatable bonds is 3. The number of fused-ring (bicyclic) bond motifs is 1. The lowest BCUT2D eigenvalue weighted by Gasteiger charge is -2.24. The number of hydrogen-bond acceptors (Lipinski definition) is 3. The Morgan fingerprint density at radius 1 is 1.07 bits per heavy atom. The number of nitrogens with one attached hydrogen (secondary N) is 1. The number of imidazole rings is 1. The molecule has 0 spiro atoms. The second-order valence-corrected chi connectivity index (χ2v) is 8.00. The average molecular weight is 389 g/mol. The average Bonchev–Trinajstić information content (AvgIpc) is 3.24. The minimum atomic E-state index is 0.0512. The summed E-state index contributed by atoms with van der Waals surface area (Å²) in [6, 6.07) is 5.46. The third-order valence-corrected chi connectivity index (χ3v) is 5.91. The Labute approximate surface area is 163 Å². The number of benzene rings is 1. The van der Waals surface area contributed by atoms with Crippen molar-refractivity contribution in [3.8, 4) is 0 Å². The molecule has 2 fully saturated rings. The Morgan fingerprint density at radius 2 is 1.81 bits per heavy atom. The highest BCUT2D eigenvalue weighted by molar-refractivity contribution is 6.31. The van der Waals surface area contributed by atoms with Crippen LogP contribution >= 0.6 is 11.6 Å². The predicted molar refractivity (Wildman–Crippen MR) is 105 cm³/mol. The van der Waals surface area contributed by atoms with Crippen molar-refractivity contribution < 1.29 is 9.59 Å². The number of aromatic amines is 1. The Kier molecular flexibility index (Phi) is 5.34. The zero-order chi connectivity index (χ0) is 18.8. The number of halogens is 1. The molecule has 1 aromatic carbocycles. The zero-order valence-electron chi connectivity index (χ0n) is 15.4. The first-order valence-electron chi connectivity index (χ1n) is 9.81. The van der Waals surface area contributed by atoms with Gasteiger partial charge in [-0.3, -0.25) is 9.59 Å². The first-order valence-corrected chi connectivity index (χ1v) is 10.2. The number of nitrogens with zero attached hydrogens (tertiary/aromatic N) is 3. The highest BCUT2D eigenvalue weighted by atomic mass is 35.5. The molecule has 0 radical (unpaired) electrons. The Balaban J connectivity index is 1.36. The van der Waals surface area contributed by atoms with Gasteiger partial charge in [-0.05, 0) is 37.5 Å². The van der Waals surface area contributed by atoms with Gasteiger partial charge in [-0.25, -0.2) is 4.98 Å². The summed E-state index contributed by atoms with van der Waals surface area (Å²) in [4.78, 5) is 36.9. The van der Waals surface area contributed by atoms with Crippen molar-refractivity contribution in [2.75, 3.05) is 26.2 Å². The molecule has 1 N–H and O–H groups in total. The van der Waals surface area contributed by atoms with Crippen LogP contribution in [0.3, 0.4) is 0 Å². The van der Waals surface area contributed by atoms with Crippen LogP contribution in [0.2, 0.25) is 5.02 Å². The third-order valence-electron chi connectivity index (χ3n) is 5.68. The molecule has 0 bridgehead atoms. The fourth-order valence-corrected chi connectivity index (χ4v) is 4.36. The predicted octanol–water partition coefficient (Wildman–Crippen LogP) is 3.01. The molecule has 2 aromatic rings. The molecule has 0 unspecified atom stereocenters. The maximum atomic E-state index is 12.7. The van der Waals surface area contributed by atoms with Crippen molar-refractivity contribution in [3.05, 3.63) is 29.0 Å². The highest BCUT2D eigenvalue weighted by Gasteiger charge is 2.29. The summed E-state index contributed by atoms with van der Waals surface area (Å²) in [5.41, 5.74) is 1.65. The zero-order valence-corrected chi connectivity index (χ0v) is 16.2. The molecular weight excluding hydrogens is 364 g/mol. The van der Waals surface area contributed by atoms with Crippen molar-refractivity contribution in [2.24, 2.45) is 5.92 Å². The fourth-order valence-electron chi connectivity index (χ4n) is 4.19. The summed E-state index contributed by atoms with van der Waals surface area (Å²) in [7, 11) is 0. The van der Waals surface area contributed by atoms with E-state index in [4.69, 9.17) is 11.6 Å². The van der Waals surface area contributed by atoms with E-state index in [1.54, 1.807) is 6.07 Å². The number of carbonyl (C=O) groups excluding carboxylic acids is 2. The molecule has 144 valence electrons. The minimum Gasteiger partial charge on any atom is -0.342 e. The van der Waals surface area contributed by atoms with Gasteiger partial charge in [0.1, 0.15) is 5.82 Å². The van der Waals surface area contributed by atoms with Gasteiger partial charge in [0.2, 0.25) is 11.8 Å².